The molecule has 1 saturated carbocycles. The summed E-state index contributed by atoms with van der Waals surface area (Å²) in [6.45, 7) is 0.675. The third kappa shape index (κ3) is 4.22. The molecule has 0 saturated heterocycles. The van der Waals surface area contributed by atoms with E-state index < -0.39 is 0 Å². The summed E-state index contributed by atoms with van der Waals surface area (Å²) in [6.07, 6.45) is 10.9. The van der Waals surface area contributed by atoms with Gasteiger partial charge in [-0.05, 0) is 42.7 Å². The van der Waals surface area contributed by atoms with E-state index in [1.54, 1.807) is 35.0 Å². The van der Waals surface area contributed by atoms with Crippen molar-refractivity contribution in [3.05, 3.63) is 65.6 Å². The summed E-state index contributed by atoms with van der Waals surface area (Å²) in [5.41, 5.74) is 2.05. The molecule has 30 heavy (non-hydrogen) atoms. The van der Waals surface area contributed by atoms with Gasteiger partial charge in [0.1, 0.15) is 17.1 Å². The maximum atomic E-state index is 13.1. The lowest BCUT2D eigenvalue weighted by atomic mass is 9.87. The average molecular weight is 405 g/mol. The van der Waals surface area contributed by atoms with Crippen LogP contribution in [-0.2, 0) is 0 Å². The van der Waals surface area contributed by atoms with Crippen molar-refractivity contribution in [2.45, 2.75) is 38.5 Å². The zero-order chi connectivity index (χ0) is 20.9. The number of pyridine rings is 1. The Bertz CT molecular complexity index is 1050. The number of nitrogens with one attached hydrogen (secondary N) is 1. The van der Waals surface area contributed by atoms with Crippen LogP contribution in [0.3, 0.4) is 0 Å². The summed E-state index contributed by atoms with van der Waals surface area (Å²) in [5.74, 6) is 0.762. The molecule has 1 N–H and O–H groups in total. The van der Waals surface area contributed by atoms with E-state index in [2.05, 4.69) is 10.3 Å². The Morgan fingerprint density at radius 3 is 2.80 bits per heavy atom. The minimum atomic E-state index is -0.199. The number of imidazole rings is 1. The molecule has 0 bridgehead atoms. The fourth-order valence-electron chi connectivity index (χ4n) is 4.23. The van der Waals surface area contributed by atoms with Crippen molar-refractivity contribution in [3.63, 3.8) is 0 Å². The first kappa shape index (κ1) is 20.1. The number of methoxy groups -OCH3 is 1. The van der Waals surface area contributed by atoms with Crippen molar-refractivity contribution < 1.29 is 14.3 Å². The van der Waals surface area contributed by atoms with E-state index in [-0.39, 0.29) is 11.7 Å². The number of fused-ring (bicyclic) bond motifs is 1. The Labute approximate surface area is 176 Å². The highest BCUT2D eigenvalue weighted by Crippen LogP contribution is 2.26. The molecule has 0 atom stereocenters. The van der Waals surface area contributed by atoms with Crippen LogP contribution in [0.4, 0.5) is 0 Å². The molecule has 0 aliphatic heterocycles. The van der Waals surface area contributed by atoms with E-state index >= 15 is 0 Å². The van der Waals surface area contributed by atoms with Gasteiger partial charge in [-0.2, -0.15) is 0 Å². The SMILES string of the molecule is COc1cc(C(=O)NCCC2CCCCC2)ccc1C(=O)c1cnc2ccccn12. The zero-order valence-corrected chi connectivity index (χ0v) is 17.3. The minimum Gasteiger partial charge on any atom is -0.496 e. The van der Waals surface area contributed by atoms with Gasteiger partial charge in [0, 0.05) is 18.3 Å². The van der Waals surface area contributed by atoms with E-state index in [1.165, 1.54) is 39.2 Å². The Hall–Kier alpha value is -3.15. The van der Waals surface area contributed by atoms with E-state index in [4.69, 9.17) is 4.74 Å². The van der Waals surface area contributed by atoms with Gasteiger partial charge in [0.05, 0.1) is 18.9 Å². The fraction of sp³-hybridized carbons (Fsp3) is 0.375. The largest absolute Gasteiger partial charge is 0.496 e. The van der Waals surface area contributed by atoms with Crippen LogP contribution in [0.5, 0.6) is 5.75 Å². The van der Waals surface area contributed by atoms with Gasteiger partial charge in [-0.25, -0.2) is 4.98 Å². The highest BCUT2D eigenvalue weighted by molar-refractivity contribution is 6.10. The van der Waals surface area contributed by atoms with Crippen LogP contribution in [0.1, 0.15) is 64.9 Å². The van der Waals surface area contributed by atoms with Crippen LogP contribution in [0.2, 0.25) is 0 Å². The Morgan fingerprint density at radius 2 is 2.00 bits per heavy atom. The maximum Gasteiger partial charge on any atom is 0.251 e. The second kappa shape index (κ2) is 9.11. The molecule has 1 amide bonds. The molecule has 2 aromatic heterocycles. The van der Waals surface area contributed by atoms with Gasteiger partial charge >= 0.3 is 0 Å². The summed E-state index contributed by atoms with van der Waals surface area (Å²) in [7, 11) is 1.51. The number of nitrogens with zero attached hydrogens (tertiary/aromatic N) is 2. The molecule has 2 heterocycles. The van der Waals surface area contributed by atoms with Gasteiger partial charge in [0.2, 0.25) is 5.78 Å². The number of aromatic nitrogens is 2. The van der Waals surface area contributed by atoms with Crippen molar-refractivity contribution in [2.75, 3.05) is 13.7 Å². The lowest BCUT2D eigenvalue weighted by Crippen LogP contribution is -2.26. The lowest BCUT2D eigenvalue weighted by Gasteiger charge is -2.21. The third-order valence-electron chi connectivity index (χ3n) is 5.92. The van der Waals surface area contributed by atoms with E-state index in [0.717, 1.165) is 12.3 Å². The summed E-state index contributed by atoms with van der Waals surface area (Å²) < 4.78 is 7.18. The van der Waals surface area contributed by atoms with E-state index in [0.29, 0.717) is 34.8 Å². The molecular formula is C24H27N3O3. The predicted molar refractivity (Wildman–Crippen MR) is 115 cm³/mol. The lowest BCUT2D eigenvalue weighted by molar-refractivity contribution is 0.0948. The van der Waals surface area contributed by atoms with Crippen molar-refractivity contribution in [1.82, 2.24) is 14.7 Å². The predicted octanol–water partition coefficient (Wildman–Crippen LogP) is 4.27. The molecule has 0 unspecified atom stereocenters. The highest BCUT2D eigenvalue weighted by Gasteiger charge is 2.20. The number of hydrogen-bond acceptors (Lipinski definition) is 4. The van der Waals surface area contributed by atoms with E-state index in [1.807, 2.05) is 18.2 Å². The molecule has 6 heteroatoms. The Morgan fingerprint density at radius 1 is 1.17 bits per heavy atom. The van der Waals surface area contributed by atoms with Crippen LogP contribution >= 0.6 is 0 Å². The minimum absolute atomic E-state index is 0.141. The molecule has 1 aromatic carbocycles. The quantitative estimate of drug-likeness (QED) is 0.596. The zero-order valence-electron chi connectivity index (χ0n) is 17.3. The third-order valence-corrected chi connectivity index (χ3v) is 5.92. The van der Waals surface area contributed by atoms with Crippen molar-refractivity contribution in [3.8, 4) is 5.75 Å². The number of ether oxygens (including phenoxy) is 1. The second-order valence-electron chi connectivity index (χ2n) is 7.87. The van der Waals surface area contributed by atoms with Gasteiger partial charge in [-0.1, -0.05) is 38.2 Å². The number of rotatable bonds is 7. The number of amides is 1. The maximum absolute atomic E-state index is 13.1. The van der Waals surface area contributed by atoms with Gasteiger partial charge in [-0.15, -0.1) is 0 Å². The van der Waals surface area contributed by atoms with E-state index in [9.17, 15) is 9.59 Å². The van der Waals surface area contributed by atoms with Crippen molar-refractivity contribution in [2.24, 2.45) is 5.92 Å². The molecule has 0 radical (unpaired) electrons. The van der Waals surface area contributed by atoms with Crippen LogP contribution in [0.15, 0.2) is 48.8 Å². The normalized spacial score (nSPS) is 14.6. The number of carbonyl (C=O) groups is 2. The van der Waals surface area contributed by atoms with Crippen LogP contribution in [-0.4, -0.2) is 34.7 Å². The van der Waals surface area contributed by atoms with Gasteiger partial charge in [0.15, 0.2) is 0 Å². The van der Waals surface area contributed by atoms with Crippen LogP contribution < -0.4 is 10.1 Å². The number of benzene rings is 1. The average Bonchev–Trinajstić information content (AvgIpc) is 3.23. The van der Waals surface area contributed by atoms with Crippen LogP contribution in [0, 0.1) is 5.92 Å². The molecule has 156 valence electrons. The first-order chi connectivity index (χ1) is 14.7. The van der Waals surface area contributed by atoms with Gasteiger partial charge < -0.3 is 10.1 Å². The van der Waals surface area contributed by atoms with Crippen molar-refractivity contribution >= 4 is 17.3 Å². The Kier molecular flexibility index (Phi) is 6.12. The van der Waals surface area contributed by atoms with Gasteiger partial charge in [-0.3, -0.25) is 14.0 Å². The first-order valence-corrected chi connectivity index (χ1v) is 10.6. The molecule has 1 fully saturated rings. The number of ketones is 1. The van der Waals surface area contributed by atoms with Crippen LogP contribution in [0.25, 0.3) is 5.65 Å². The highest BCUT2D eigenvalue weighted by atomic mass is 16.5. The topological polar surface area (TPSA) is 72.7 Å². The molecule has 3 aromatic rings. The van der Waals surface area contributed by atoms with Gasteiger partial charge in [0.25, 0.3) is 5.91 Å². The molecule has 1 aliphatic carbocycles. The molecule has 6 nitrogen and oxygen atoms in total. The fourth-order valence-corrected chi connectivity index (χ4v) is 4.23. The summed E-state index contributed by atoms with van der Waals surface area (Å²) in [4.78, 5) is 29.9. The molecule has 4 rings (SSSR count). The second-order valence-corrected chi connectivity index (χ2v) is 7.87. The Balaban J connectivity index is 1.47. The summed E-state index contributed by atoms with van der Waals surface area (Å²) >= 11 is 0. The summed E-state index contributed by atoms with van der Waals surface area (Å²) in [6, 6.07) is 10.5. The van der Waals surface area contributed by atoms with Crippen molar-refractivity contribution in [1.29, 1.82) is 0 Å². The standard InChI is InChI=1S/C24H27N3O3/c1-30-21-15-18(24(29)25-13-12-17-7-3-2-4-8-17)10-11-19(21)23(28)20-16-26-22-9-5-6-14-27(20)22/h5-6,9-11,14-17H,2-4,7-8,12-13H2,1H3,(H,25,29). The number of hydrogen-bond donors (Lipinski definition) is 1. The first-order valence-electron chi connectivity index (χ1n) is 10.6. The summed E-state index contributed by atoms with van der Waals surface area (Å²) in [5, 5.41) is 3.00. The number of carbonyl (C=O) groups excluding carboxylic acids is 2. The molecule has 0 spiro atoms. The molecular weight excluding hydrogens is 378 g/mol. The molecule has 1 aliphatic rings. The monoisotopic (exact) mass is 405 g/mol. The smallest absolute Gasteiger partial charge is 0.251 e.